The molecule has 2 rings (SSSR count). The number of hydrogen-bond donors (Lipinski definition) is 2. The highest BCUT2D eigenvalue weighted by Crippen LogP contribution is 2.29. The summed E-state index contributed by atoms with van der Waals surface area (Å²) in [4.78, 5) is 33.6. The predicted molar refractivity (Wildman–Crippen MR) is 89.2 cm³/mol. The highest BCUT2D eigenvalue weighted by Gasteiger charge is 2.30. The molecule has 0 saturated carbocycles. The molecule has 11 heteroatoms. The van der Waals surface area contributed by atoms with Crippen molar-refractivity contribution in [1.82, 2.24) is 10.6 Å². The largest absolute Gasteiger partial charge is 0.416 e. The van der Waals surface area contributed by atoms with Crippen LogP contribution in [0.25, 0.3) is 0 Å². The van der Waals surface area contributed by atoms with Gasteiger partial charge in [0.05, 0.1) is 16.1 Å². The molecule has 0 saturated heterocycles. The second kappa shape index (κ2) is 8.46. The van der Waals surface area contributed by atoms with E-state index in [0.29, 0.717) is 0 Å². The van der Waals surface area contributed by atoms with Crippen molar-refractivity contribution in [2.24, 2.45) is 0 Å². The van der Waals surface area contributed by atoms with E-state index in [1.165, 1.54) is 0 Å². The summed E-state index contributed by atoms with van der Waals surface area (Å²) in [6.07, 6.45) is -4.51. The van der Waals surface area contributed by atoms with Crippen LogP contribution >= 0.6 is 0 Å². The van der Waals surface area contributed by atoms with Gasteiger partial charge in [-0.05, 0) is 30.3 Å². The third-order valence-corrected chi connectivity index (χ3v) is 3.58. The number of carbonyl (C=O) groups excluding carboxylic acids is 2. The SMILES string of the molecule is O=C(NCCNC(=O)c1cc([N+](=O)[O-])ccc1F)c1ccc(C(F)(F)F)cc1. The summed E-state index contributed by atoms with van der Waals surface area (Å²) in [7, 11) is 0. The van der Waals surface area contributed by atoms with Gasteiger partial charge < -0.3 is 10.6 Å². The van der Waals surface area contributed by atoms with Crippen LogP contribution in [0.1, 0.15) is 26.3 Å². The molecular weight excluding hydrogens is 386 g/mol. The lowest BCUT2D eigenvalue weighted by Gasteiger charge is -2.09. The summed E-state index contributed by atoms with van der Waals surface area (Å²) in [6.45, 7) is -0.227. The molecule has 0 radical (unpaired) electrons. The maximum atomic E-state index is 13.6. The van der Waals surface area contributed by atoms with Crippen molar-refractivity contribution in [2.45, 2.75) is 6.18 Å². The number of nitrogens with one attached hydrogen (secondary N) is 2. The van der Waals surface area contributed by atoms with E-state index in [-0.39, 0.29) is 18.7 Å². The molecule has 0 aliphatic heterocycles. The van der Waals surface area contributed by atoms with Crippen molar-refractivity contribution in [3.8, 4) is 0 Å². The lowest BCUT2D eigenvalue weighted by Crippen LogP contribution is -2.35. The van der Waals surface area contributed by atoms with Crippen molar-refractivity contribution < 1.29 is 32.1 Å². The first-order valence-corrected chi connectivity index (χ1v) is 7.77. The van der Waals surface area contributed by atoms with E-state index in [9.17, 15) is 37.3 Å². The topological polar surface area (TPSA) is 101 Å². The summed E-state index contributed by atoms with van der Waals surface area (Å²) in [5.74, 6) is -2.52. The first-order chi connectivity index (χ1) is 13.1. The molecule has 2 N–H and O–H groups in total. The van der Waals surface area contributed by atoms with Gasteiger partial charge in [0, 0.05) is 30.8 Å². The van der Waals surface area contributed by atoms with Gasteiger partial charge in [0.25, 0.3) is 17.5 Å². The van der Waals surface area contributed by atoms with Gasteiger partial charge in [-0.2, -0.15) is 13.2 Å². The minimum atomic E-state index is -4.51. The number of rotatable bonds is 6. The van der Waals surface area contributed by atoms with Crippen LogP contribution in [0.5, 0.6) is 0 Å². The van der Waals surface area contributed by atoms with Crippen LogP contribution in [0.3, 0.4) is 0 Å². The number of alkyl halides is 3. The van der Waals surface area contributed by atoms with Crippen LogP contribution in [-0.4, -0.2) is 29.8 Å². The van der Waals surface area contributed by atoms with Gasteiger partial charge in [-0.1, -0.05) is 0 Å². The summed E-state index contributed by atoms with van der Waals surface area (Å²) in [5, 5.41) is 15.3. The number of nitrogens with zero attached hydrogens (tertiary/aromatic N) is 1. The standard InChI is InChI=1S/C17H13F4N3O4/c18-14-6-5-12(24(27)28)9-13(14)16(26)23-8-7-22-15(25)10-1-3-11(4-2-10)17(19,20)21/h1-6,9H,7-8H2,(H,22,25)(H,23,26). The van der Waals surface area contributed by atoms with Gasteiger partial charge in [-0.3, -0.25) is 19.7 Å². The van der Waals surface area contributed by atoms with E-state index >= 15 is 0 Å². The van der Waals surface area contributed by atoms with Gasteiger partial charge in [-0.25, -0.2) is 4.39 Å². The normalized spacial score (nSPS) is 11.0. The van der Waals surface area contributed by atoms with Gasteiger partial charge >= 0.3 is 6.18 Å². The molecule has 0 aliphatic carbocycles. The maximum Gasteiger partial charge on any atom is 0.416 e. The first-order valence-electron chi connectivity index (χ1n) is 7.77. The van der Waals surface area contributed by atoms with E-state index in [0.717, 1.165) is 42.5 Å². The smallest absolute Gasteiger partial charge is 0.350 e. The van der Waals surface area contributed by atoms with E-state index in [1.54, 1.807) is 0 Å². The Morgan fingerprint density at radius 3 is 2.07 bits per heavy atom. The predicted octanol–water partition coefficient (Wildman–Crippen LogP) is 2.91. The van der Waals surface area contributed by atoms with Crippen LogP contribution < -0.4 is 10.6 Å². The Bertz CT molecular complexity index is 898. The minimum absolute atomic E-state index is 0.0101. The lowest BCUT2D eigenvalue weighted by molar-refractivity contribution is -0.384. The highest BCUT2D eigenvalue weighted by molar-refractivity contribution is 5.95. The Morgan fingerprint density at radius 1 is 0.964 bits per heavy atom. The van der Waals surface area contributed by atoms with Crippen molar-refractivity contribution >= 4 is 17.5 Å². The zero-order valence-corrected chi connectivity index (χ0v) is 14.0. The quantitative estimate of drug-likeness (QED) is 0.338. The molecule has 0 atom stereocenters. The molecule has 2 aromatic rings. The van der Waals surface area contributed by atoms with E-state index in [1.807, 2.05) is 0 Å². The molecule has 0 fully saturated rings. The molecule has 0 aliphatic rings. The van der Waals surface area contributed by atoms with Crippen molar-refractivity contribution in [3.63, 3.8) is 0 Å². The lowest BCUT2D eigenvalue weighted by atomic mass is 10.1. The average Bonchev–Trinajstić information content (AvgIpc) is 2.64. The second-order valence-electron chi connectivity index (χ2n) is 5.51. The summed E-state index contributed by atoms with van der Waals surface area (Å²) in [5.41, 5.74) is -1.88. The van der Waals surface area contributed by atoms with E-state index in [2.05, 4.69) is 10.6 Å². The Morgan fingerprint density at radius 2 is 1.54 bits per heavy atom. The molecular formula is C17H13F4N3O4. The fourth-order valence-corrected chi connectivity index (χ4v) is 2.16. The van der Waals surface area contributed by atoms with Crippen LogP contribution in [0.2, 0.25) is 0 Å². The van der Waals surface area contributed by atoms with Crippen LogP contribution in [0.15, 0.2) is 42.5 Å². The van der Waals surface area contributed by atoms with Crippen LogP contribution in [-0.2, 0) is 6.18 Å². The Balaban J connectivity index is 1.87. The van der Waals surface area contributed by atoms with Crippen LogP contribution in [0.4, 0.5) is 23.2 Å². The van der Waals surface area contributed by atoms with Gasteiger partial charge in [-0.15, -0.1) is 0 Å². The molecule has 2 amide bonds. The number of halogens is 4. The number of carbonyl (C=O) groups is 2. The molecule has 0 heterocycles. The average molecular weight is 399 g/mol. The molecule has 148 valence electrons. The van der Waals surface area contributed by atoms with Crippen LogP contribution in [0, 0.1) is 15.9 Å². The molecule has 28 heavy (non-hydrogen) atoms. The molecule has 0 aromatic heterocycles. The van der Waals surface area contributed by atoms with Crippen molar-refractivity contribution in [3.05, 3.63) is 75.1 Å². The zero-order chi connectivity index (χ0) is 20.9. The number of nitro groups is 1. The molecule has 0 unspecified atom stereocenters. The number of non-ortho nitro benzene ring substituents is 1. The highest BCUT2D eigenvalue weighted by atomic mass is 19.4. The molecule has 2 aromatic carbocycles. The van der Waals surface area contributed by atoms with Crippen molar-refractivity contribution in [2.75, 3.05) is 13.1 Å². The monoisotopic (exact) mass is 399 g/mol. The summed E-state index contributed by atoms with van der Waals surface area (Å²) < 4.78 is 51.1. The fraction of sp³-hybridized carbons (Fsp3) is 0.176. The molecule has 0 bridgehead atoms. The summed E-state index contributed by atoms with van der Waals surface area (Å²) >= 11 is 0. The van der Waals surface area contributed by atoms with Crippen molar-refractivity contribution in [1.29, 1.82) is 0 Å². The van der Waals surface area contributed by atoms with Gasteiger partial charge in [0.1, 0.15) is 5.82 Å². The number of nitro benzene ring substituents is 1. The number of amides is 2. The minimum Gasteiger partial charge on any atom is -0.350 e. The van der Waals surface area contributed by atoms with E-state index in [4.69, 9.17) is 0 Å². The number of hydrogen-bond acceptors (Lipinski definition) is 4. The zero-order valence-electron chi connectivity index (χ0n) is 14.0. The van der Waals surface area contributed by atoms with Gasteiger partial charge in [0.15, 0.2) is 0 Å². The maximum absolute atomic E-state index is 13.6. The summed E-state index contributed by atoms with van der Waals surface area (Å²) in [6, 6.07) is 6.04. The second-order valence-corrected chi connectivity index (χ2v) is 5.51. The molecule has 7 nitrogen and oxygen atoms in total. The Labute approximate surface area is 155 Å². The Hall–Kier alpha value is -3.50. The fourth-order valence-electron chi connectivity index (χ4n) is 2.16. The Kier molecular flexibility index (Phi) is 6.29. The van der Waals surface area contributed by atoms with Gasteiger partial charge in [0.2, 0.25) is 0 Å². The van der Waals surface area contributed by atoms with E-state index < -0.39 is 45.5 Å². The molecule has 0 spiro atoms. The third-order valence-electron chi connectivity index (χ3n) is 3.58. The number of benzene rings is 2. The first kappa shape index (κ1) is 20.8. The third kappa shape index (κ3) is 5.25.